The average Bonchev–Trinajstić information content (AvgIpc) is 3.71. The van der Waals surface area contributed by atoms with Crippen molar-refractivity contribution in [1.82, 2.24) is 10.2 Å². The van der Waals surface area contributed by atoms with E-state index in [2.05, 4.69) is 12.2 Å². The van der Waals surface area contributed by atoms with Crippen LogP contribution in [0.2, 0.25) is 0 Å². The van der Waals surface area contributed by atoms with E-state index >= 15 is 0 Å². The molecule has 2 bridgehead atoms. The van der Waals surface area contributed by atoms with E-state index in [4.69, 9.17) is 18.9 Å². The topological polar surface area (TPSA) is 150 Å². The largest absolute Gasteiger partial charge is 0.872 e. The van der Waals surface area contributed by atoms with Gasteiger partial charge in [0.15, 0.2) is 11.4 Å². The first-order chi connectivity index (χ1) is 20.2. The summed E-state index contributed by atoms with van der Waals surface area (Å²) in [5.41, 5.74) is -0.287. The lowest BCUT2D eigenvalue weighted by atomic mass is 9.82. The Labute approximate surface area is 252 Å². The predicted octanol–water partition coefficient (Wildman–Crippen LogP) is 1.26. The first-order valence-corrected chi connectivity index (χ1v) is 15.1. The molecule has 0 aliphatic carbocycles. The highest BCUT2D eigenvalue weighted by atomic mass is 16.8. The Bertz CT molecular complexity index is 1280. The molecular weight excluding hydrogens is 556 g/mol. The lowest BCUT2D eigenvalue weighted by molar-refractivity contribution is -0.346. The second-order valence-corrected chi connectivity index (χ2v) is 12.7. The highest BCUT2D eigenvalue weighted by Crippen LogP contribution is 2.52. The van der Waals surface area contributed by atoms with E-state index in [0.29, 0.717) is 13.0 Å². The first-order valence-electron chi connectivity index (χ1n) is 15.1. The van der Waals surface area contributed by atoms with Gasteiger partial charge in [0.2, 0.25) is 11.7 Å². The van der Waals surface area contributed by atoms with Crippen molar-refractivity contribution in [3.8, 4) is 0 Å². The Morgan fingerprint density at radius 2 is 1.91 bits per heavy atom. The van der Waals surface area contributed by atoms with Crippen LogP contribution in [-0.2, 0) is 33.3 Å². The molecule has 0 radical (unpaired) electrons. The molecule has 236 valence electrons. The van der Waals surface area contributed by atoms with Gasteiger partial charge in [-0.05, 0) is 39.7 Å². The summed E-state index contributed by atoms with van der Waals surface area (Å²) in [5, 5.41) is 26.0. The number of nitrogens with zero attached hydrogens (tertiary/aromatic N) is 1. The lowest BCUT2D eigenvalue weighted by Crippen LogP contribution is -2.61. The molecule has 5 heterocycles. The van der Waals surface area contributed by atoms with E-state index in [1.807, 2.05) is 39.0 Å². The maximum Gasteiger partial charge on any atom is 0.259 e. The molecule has 11 heteroatoms. The number of amides is 2. The van der Waals surface area contributed by atoms with E-state index < -0.39 is 70.7 Å². The number of Topliss-reactive ketones (excluding diaryl/α,β-unsaturated/α-hetero) is 1. The number of nitrogens with one attached hydrogen (secondary N) is 1. The van der Waals surface area contributed by atoms with Crippen LogP contribution in [0.15, 0.2) is 47.3 Å². The molecule has 0 saturated carbocycles. The fourth-order valence-corrected chi connectivity index (χ4v) is 6.81. The van der Waals surface area contributed by atoms with E-state index in [9.17, 15) is 24.6 Å². The number of fused-ring (bicyclic) bond motifs is 3. The quantitative estimate of drug-likeness (QED) is 0.110. The second-order valence-electron chi connectivity index (χ2n) is 12.7. The molecule has 4 saturated heterocycles. The molecule has 5 rings (SSSR count). The number of carbonyl (C=O) groups excluding carboxylic acids is 3. The third kappa shape index (κ3) is 5.50. The van der Waals surface area contributed by atoms with Crippen LogP contribution in [0.4, 0.5) is 0 Å². The van der Waals surface area contributed by atoms with Crippen LogP contribution < -0.4 is 10.4 Å². The number of ketones is 1. The zero-order valence-electron chi connectivity index (χ0n) is 25.9. The molecule has 11 atom stereocenters. The summed E-state index contributed by atoms with van der Waals surface area (Å²) in [6.45, 7) is 11.6. The third-order valence-electron chi connectivity index (χ3n) is 9.66. The van der Waals surface area contributed by atoms with Crippen molar-refractivity contribution in [2.24, 2.45) is 17.8 Å². The van der Waals surface area contributed by atoms with Gasteiger partial charge in [-0.15, -0.1) is 0 Å². The van der Waals surface area contributed by atoms with Gasteiger partial charge in [0.25, 0.3) is 5.91 Å². The van der Waals surface area contributed by atoms with Crippen molar-refractivity contribution in [3.63, 3.8) is 0 Å². The number of allylic oxidation sites excluding steroid dienone is 3. The fourth-order valence-electron chi connectivity index (χ4n) is 6.81. The molecule has 1 spiro atoms. The number of hydrogen-bond acceptors (Lipinski definition) is 9. The number of hydrogen-bond donors (Lipinski definition) is 2. The molecule has 5 aliphatic rings. The smallest absolute Gasteiger partial charge is 0.259 e. The van der Waals surface area contributed by atoms with Gasteiger partial charge < -0.3 is 39.4 Å². The normalized spacial score (nSPS) is 42.0. The minimum atomic E-state index is -1.19. The monoisotopic (exact) mass is 599 g/mol. The van der Waals surface area contributed by atoms with Crippen molar-refractivity contribution in [3.05, 3.63) is 47.3 Å². The van der Waals surface area contributed by atoms with E-state index in [0.717, 1.165) is 5.57 Å². The average molecular weight is 600 g/mol. The summed E-state index contributed by atoms with van der Waals surface area (Å²) in [6.07, 6.45) is 7.13. The Morgan fingerprint density at radius 3 is 2.53 bits per heavy atom. The molecule has 4 fully saturated rings. The molecule has 11 unspecified atom stereocenters. The minimum absolute atomic E-state index is 0.0424. The van der Waals surface area contributed by atoms with Crippen LogP contribution in [0, 0.1) is 17.8 Å². The number of aliphatic hydroxyl groups is 1. The Morgan fingerprint density at radius 1 is 1.21 bits per heavy atom. The highest BCUT2D eigenvalue weighted by molar-refractivity contribution is 6.27. The van der Waals surface area contributed by atoms with Crippen LogP contribution in [-0.4, -0.2) is 89.3 Å². The first kappa shape index (κ1) is 31.6. The molecule has 43 heavy (non-hydrogen) atoms. The van der Waals surface area contributed by atoms with E-state index in [1.54, 1.807) is 19.9 Å². The van der Waals surface area contributed by atoms with Gasteiger partial charge in [0, 0.05) is 18.9 Å². The third-order valence-corrected chi connectivity index (χ3v) is 9.66. The molecule has 0 aromatic carbocycles. The highest BCUT2D eigenvalue weighted by Gasteiger charge is 2.66. The molecule has 2 N–H and O–H groups in total. The summed E-state index contributed by atoms with van der Waals surface area (Å²) in [4.78, 5) is 40.9. The zero-order chi connectivity index (χ0) is 31.4. The number of epoxide rings is 1. The van der Waals surface area contributed by atoms with Crippen LogP contribution in [0.25, 0.3) is 0 Å². The van der Waals surface area contributed by atoms with E-state index in [1.165, 1.54) is 18.0 Å². The maximum absolute atomic E-state index is 13.6. The van der Waals surface area contributed by atoms with Crippen LogP contribution in [0.1, 0.15) is 54.4 Å². The van der Waals surface area contributed by atoms with Gasteiger partial charge >= 0.3 is 0 Å². The Kier molecular flexibility index (Phi) is 8.51. The van der Waals surface area contributed by atoms with Gasteiger partial charge in [-0.25, -0.2) is 0 Å². The number of likely N-dealkylation sites (tertiary alicyclic amines) is 1. The summed E-state index contributed by atoms with van der Waals surface area (Å²) < 4.78 is 24.3. The number of aliphatic hydroxyl groups excluding tert-OH is 1. The molecule has 5 aliphatic heterocycles. The van der Waals surface area contributed by atoms with Crippen LogP contribution in [0.5, 0.6) is 0 Å². The van der Waals surface area contributed by atoms with Crippen LogP contribution >= 0.6 is 0 Å². The molecule has 0 aromatic heterocycles. The Hall–Kier alpha value is -2.83. The summed E-state index contributed by atoms with van der Waals surface area (Å²) in [7, 11) is 1.45. The summed E-state index contributed by atoms with van der Waals surface area (Å²) in [5.74, 6) is -4.40. The second kappa shape index (κ2) is 11.6. The number of rotatable bonds is 7. The number of carbonyl (C=O) groups is 3. The van der Waals surface area contributed by atoms with Gasteiger partial charge in [-0.1, -0.05) is 56.4 Å². The van der Waals surface area contributed by atoms with Crippen LogP contribution in [0.3, 0.4) is 0 Å². The maximum atomic E-state index is 13.6. The molecule has 2 amide bonds. The van der Waals surface area contributed by atoms with Crippen molar-refractivity contribution >= 4 is 17.6 Å². The number of ether oxygens (including phenoxy) is 4. The standard InChI is InChI=1S/C32H44N2O9/c1-16(14-17(2)28-18(3)23-12-13-32(15-40-32)31(6,42-23)43-28)8-9-22(36)25-27(37)26(19(4)29(38)33-7)34(30(25)39)24-11-10-21(35)20(5)41-24/h8-9,12-14,17-21,23-24,26,28,35-36H,10-11,15H2,1-7H3,(H,33,38)/p-1. The van der Waals surface area contributed by atoms with Crippen molar-refractivity contribution < 1.29 is 43.5 Å². The van der Waals surface area contributed by atoms with Gasteiger partial charge in [0.1, 0.15) is 12.3 Å². The molecule has 11 nitrogen and oxygen atoms in total. The summed E-state index contributed by atoms with van der Waals surface area (Å²) >= 11 is 0. The predicted molar refractivity (Wildman–Crippen MR) is 153 cm³/mol. The summed E-state index contributed by atoms with van der Waals surface area (Å²) in [6, 6.07) is -1.19. The minimum Gasteiger partial charge on any atom is -0.872 e. The van der Waals surface area contributed by atoms with Gasteiger partial charge in [0.05, 0.1) is 42.5 Å². The van der Waals surface area contributed by atoms with Crippen molar-refractivity contribution in [1.29, 1.82) is 0 Å². The molecular formula is C32H43N2O9-. The van der Waals surface area contributed by atoms with E-state index in [-0.39, 0.29) is 30.5 Å². The lowest BCUT2D eigenvalue weighted by Gasteiger charge is -2.51. The Balaban J connectivity index is 1.36. The van der Waals surface area contributed by atoms with Gasteiger partial charge in [-0.2, -0.15) is 0 Å². The zero-order valence-corrected chi connectivity index (χ0v) is 25.9. The van der Waals surface area contributed by atoms with Crippen molar-refractivity contribution in [2.75, 3.05) is 13.7 Å². The fraction of sp³-hybridized carbons (Fsp3) is 0.656. The van der Waals surface area contributed by atoms with Gasteiger partial charge in [-0.3, -0.25) is 14.4 Å². The molecule has 0 aromatic rings. The SMILES string of the molecule is CNC(=O)C(C)C1C(=O)C(=C([O-])C=CC(C)=CC(C)C2OC3(C)OC(C=CC34CO4)C2C)C(=O)N1C1CCC(O)C(C)O1. The van der Waals surface area contributed by atoms with Crippen molar-refractivity contribution in [2.45, 2.75) is 102 Å².